The quantitative estimate of drug-likeness (QED) is 0.513. The van der Waals surface area contributed by atoms with Crippen molar-refractivity contribution in [2.45, 2.75) is 69.5 Å². The van der Waals surface area contributed by atoms with E-state index in [1.807, 2.05) is 0 Å². The zero-order valence-corrected chi connectivity index (χ0v) is 11.5. The highest BCUT2D eigenvalue weighted by atomic mass is 16.6. The van der Waals surface area contributed by atoms with Crippen LogP contribution >= 0.6 is 0 Å². The van der Waals surface area contributed by atoms with Crippen LogP contribution in [0.15, 0.2) is 0 Å². The Morgan fingerprint density at radius 1 is 0.941 bits per heavy atom. The molecule has 5 N–H and O–H groups in total. The predicted molar refractivity (Wildman–Crippen MR) is 64.5 cm³/mol. The SMILES string of the molecule is CC1(C)OC(C)(CO)C(C)(O)C(C)(O)C1(C)N. The number of nitrogens with two attached hydrogens (primary N) is 1. The number of ether oxygens (including phenoxy) is 1. The molecule has 102 valence electrons. The van der Waals surface area contributed by atoms with Gasteiger partial charge in [-0.2, -0.15) is 0 Å². The van der Waals surface area contributed by atoms with Gasteiger partial charge >= 0.3 is 0 Å². The van der Waals surface area contributed by atoms with E-state index in [9.17, 15) is 15.3 Å². The molecular formula is C12H25NO4. The lowest BCUT2D eigenvalue weighted by atomic mass is 9.57. The molecular weight excluding hydrogens is 222 g/mol. The maximum atomic E-state index is 10.7. The Morgan fingerprint density at radius 3 is 1.71 bits per heavy atom. The molecule has 1 saturated heterocycles. The summed E-state index contributed by atoms with van der Waals surface area (Å²) in [5.74, 6) is 0. The van der Waals surface area contributed by atoms with E-state index < -0.39 is 34.6 Å². The first-order valence-corrected chi connectivity index (χ1v) is 5.81. The van der Waals surface area contributed by atoms with Gasteiger partial charge in [0, 0.05) is 0 Å². The van der Waals surface area contributed by atoms with Crippen LogP contribution in [0.3, 0.4) is 0 Å². The summed E-state index contributed by atoms with van der Waals surface area (Å²) in [6.45, 7) is 9.19. The molecule has 0 aromatic rings. The van der Waals surface area contributed by atoms with Gasteiger partial charge < -0.3 is 25.8 Å². The predicted octanol–water partition coefficient (Wildman–Crippen LogP) is -0.234. The molecule has 0 spiro atoms. The molecule has 0 aromatic heterocycles. The van der Waals surface area contributed by atoms with Crippen molar-refractivity contribution < 1.29 is 20.1 Å². The summed E-state index contributed by atoms with van der Waals surface area (Å²) in [4.78, 5) is 0. The molecule has 0 aromatic carbocycles. The summed E-state index contributed by atoms with van der Waals surface area (Å²) in [5.41, 5.74) is -0.457. The Kier molecular flexibility index (Phi) is 2.99. The number of hydrogen-bond acceptors (Lipinski definition) is 5. The van der Waals surface area contributed by atoms with Gasteiger partial charge in [0.2, 0.25) is 0 Å². The molecule has 0 aliphatic carbocycles. The molecule has 1 fully saturated rings. The van der Waals surface area contributed by atoms with Crippen LogP contribution in [0.4, 0.5) is 0 Å². The van der Waals surface area contributed by atoms with Gasteiger partial charge in [0.25, 0.3) is 0 Å². The van der Waals surface area contributed by atoms with Crippen LogP contribution in [0.5, 0.6) is 0 Å². The number of aliphatic hydroxyl groups is 3. The lowest BCUT2D eigenvalue weighted by molar-refractivity contribution is -0.359. The molecule has 1 heterocycles. The molecule has 5 nitrogen and oxygen atoms in total. The fourth-order valence-electron chi connectivity index (χ4n) is 2.56. The summed E-state index contributed by atoms with van der Waals surface area (Å²) in [7, 11) is 0. The Labute approximate surface area is 103 Å². The Balaban J connectivity index is 3.46. The minimum absolute atomic E-state index is 0.407. The minimum Gasteiger partial charge on any atom is -0.393 e. The van der Waals surface area contributed by atoms with Crippen LogP contribution < -0.4 is 5.73 Å². The average molecular weight is 247 g/mol. The third-order valence-corrected chi connectivity index (χ3v) is 5.02. The summed E-state index contributed by atoms with van der Waals surface area (Å²) < 4.78 is 5.79. The highest BCUT2D eigenvalue weighted by Crippen LogP contribution is 2.51. The van der Waals surface area contributed by atoms with Gasteiger partial charge in [-0.05, 0) is 41.5 Å². The van der Waals surface area contributed by atoms with Gasteiger partial charge in [-0.3, -0.25) is 0 Å². The van der Waals surface area contributed by atoms with Crippen molar-refractivity contribution in [3.05, 3.63) is 0 Å². The zero-order chi connectivity index (χ0) is 13.9. The van der Waals surface area contributed by atoms with Crippen LogP contribution in [0.2, 0.25) is 0 Å². The third-order valence-electron chi connectivity index (χ3n) is 5.02. The largest absolute Gasteiger partial charge is 0.393 e. The molecule has 4 unspecified atom stereocenters. The van der Waals surface area contributed by atoms with E-state index in [1.54, 1.807) is 27.7 Å². The van der Waals surface area contributed by atoms with Crippen molar-refractivity contribution in [2.24, 2.45) is 5.73 Å². The Morgan fingerprint density at radius 2 is 1.35 bits per heavy atom. The lowest BCUT2D eigenvalue weighted by Crippen LogP contribution is -2.86. The topological polar surface area (TPSA) is 95.9 Å². The summed E-state index contributed by atoms with van der Waals surface area (Å²) in [6.07, 6.45) is 0. The highest BCUT2D eigenvalue weighted by Gasteiger charge is 2.71. The van der Waals surface area contributed by atoms with E-state index in [-0.39, 0.29) is 0 Å². The van der Waals surface area contributed by atoms with Crippen LogP contribution in [-0.2, 0) is 4.74 Å². The van der Waals surface area contributed by atoms with E-state index in [0.29, 0.717) is 0 Å². The second-order valence-corrected chi connectivity index (χ2v) is 6.35. The van der Waals surface area contributed by atoms with Crippen LogP contribution in [0.1, 0.15) is 41.5 Å². The standard InChI is InChI=1S/C12H25NO4/c1-8(2)10(4,13)12(6,16)11(5,15)9(3,7-14)17-8/h14-16H,7,13H2,1-6H3. The smallest absolute Gasteiger partial charge is 0.123 e. The molecule has 1 aliphatic heterocycles. The highest BCUT2D eigenvalue weighted by molar-refractivity contribution is 5.24. The van der Waals surface area contributed by atoms with Gasteiger partial charge in [0.15, 0.2) is 0 Å². The number of aliphatic hydroxyl groups excluding tert-OH is 1. The van der Waals surface area contributed by atoms with Crippen molar-refractivity contribution in [3.63, 3.8) is 0 Å². The van der Waals surface area contributed by atoms with Gasteiger partial charge in [-0.1, -0.05) is 0 Å². The first kappa shape index (κ1) is 14.9. The second kappa shape index (κ2) is 3.42. The lowest BCUT2D eigenvalue weighted by Gasteiger charge is -2.65. The van der Waals surface area contributed by atoms with E-state index in [0.717, 1.165) is 0 Å². The molecule has 1 aliphatic rings. The first-order chi connectivity index (χ1) is 7.27. The molecule has 5 heteroatoms. The number of rotatable bonds is 1. The summed E-state index contributed by atoms with van der Waals surface area (Å²) >= 11 is 0. The van der Waals surface area contributed by atoms with Crippen LogP contribution in [-0.4, -0.2) is 49.9 Å². The van der Waals surface area contributed by atoms with Crippen LogP contribution in [0.25, 0.3) is 0 Å². The van der Waals surface area contributed by atoms with Crippen molar-refractivity contribution in [2.75, 3.05) is 6.61 Å². The minimum atomic E-state index is -1.67. The zero-order valence-electron chi connectivity index (χ0n) is 11.5. The van der Waals surface area contributed by atoms with E-state index in [1.165, 1.54) is 13.8 Å². The molecule has 0 saturated carbocycles. The summed E-state index contributed by atoms with van der Waals surface area (Å²) in [6, 6.07) is 0. The van der Waals surface area contributed by atoms with Crippen molar-refractivity contribution in [1.82, 2.24) is 0 Å². The fraction of sp³-hybridized carbons (Fsp3) is 1.00. The fourth-order valence-corrected chi connectivity index (χ4v) is 2.56. The van der Waals surface area contributed by atoms with E-state index in [4.69, 9.17) is 10.5 Å². The number of hydrogen-bond donors (Lipinski definition) is 4. The molecule has 0 amide bonds. The third kappa shape index (κ3) is 1.50. The van der Waals surface area contributed by atoms with Crippen molar-refractivity contribution in [3.8, 4) is 0 Å². The molecule has 17 heavy (non-hydrogen) atoms. The Hall–Kier alpha value is -0.200. The molecule has 0 bridgehead atoms. The van der Waals surface area contributed by atoms with Gasteiger partial charge in [0.05, 0.1) is 17.7 Å². The van der Waals surface area contributed by atoms with Crippen LogP contribution in [0, 0.1) is 0 Å². The van der Waals surface area contributed by atoms with Gasteiger partial charge in [0.1, 0.15) is 16.8 Å². The van der Waals surface area contributed by atoms with Gasteiger partial charge in [-0.25, -0.2) is 0 Å². The van der Waals surface area contributed by atoms with Gasteiger partial charge in [-0.15, -0.1) is 0 Å². The molecule has 0 radical (unpaired) electrons. The average Bonchev–Trinajstić information content (AvgIpc) is 2.14. The van der Waals surface area contributed by atoms with Crippen molar-refractivity contribution >= 4 is 0 Å². The summed E-state index contributed by atoms with van der Waals surface area (Å²) in [5, 5.41) is 30.7. The Bertz CT molecular complexity index is 322. The maximum Gasteiger partial charge on any atom is 0.123 e. The maximum absolute atomic E-state index is 10.7. The molecule has 4 atom stereocenters. The van der Waals surface area contributed by atoms with E-state index in [2.05, 4.69) is 0 Å². The van der Waals surface area contributed by atoms with E-state index >= 15 is 0 Å². The van der Waals surface area contributed by atoms with Crippen molar-refractivity contribution in [1.29, 1.82) is 0 Å². The first-order valence-electron chi connectivity index (χ1n) is 5.81. The molecule has 1 rings (SSSR count). The normalized spacial score (nSPS) is 54.7. The second-order valence-electron chi connectivity index (χ2n) is 6.35. The monoisotopic (exact) mass is 247 g/mol.